The molecule has 39 heavy (non-hydrogen) atoms. The first-order valence-corrected chi connectivity index (χ1v) is 10.8. The number of halogens is 6. The van der Waals surface area contributed by atoms with E-state index in [9.17, 15) is 45.8 Å². The Morgan fingerprint density at radius 2 is 1.21 bits per heavy atom. The molecule has 3 aromatic carbocycles. The number of esters is 1. The highest BCUT2D eigenvalue weighted by Gasteiger charge is 2.32. The molecule has 0 atom stereocenters. The summed E-state index contributed by atoms with van der Waals surface area (Å²) in [6.07, 6.45) is -10.2. The number of phenolic OH excluding ortho intramolecular Hbond substituents is 1. The van der Waals surface area contributed by atoms with Crippen LogP contribution in [0.2, 0.25) is 0 Å². The molecule has 0 aliphatic heterocycles. The Morgan fingerprint density at radius 3 is 1.64 bits per heavy atom. The second kappa shape index (κ2) is 11.1. The normalized spacial score (nSPS) is 11.6. The largest absolute Gasteiger partial charge is 0.507 e. The molecule has 0 aliphatic carbocycles. The highest BCUT2D eigenvalue weighted by atomic mass is 19.4. The minimum Gasteiger partial charge on any atom is -0.507 e. The van der Waals surface area contributed by atoms with Crippen LogP contribution >= 0.6 is 0 Å². The third kappa shape index (κ3) is 6.48. The molecule has 0 radical (unpaired) electrons. The number of carbonyl (C=O) groups is 3. The molecule has 0 amide bonds. The molecule has 0 saturated carbocycles. The van der Waals surface area contributed by atoms with Crippen molar-refractivity contribution in [1.82, 2.24) is 0 Å². The van der Waals surface area contributed by atoms with Crippen molar-refractivity contribution in [2.75, 3.05) is 14.2 Å². The van der Waals surface area contributed by atoms with Crippen LogP contribution in [0.25, 0.3) is 0 Å². The molecule has 1 N–H and O–H groups in total. The van der Waals surface area contributed by atoms with Crippen molar-refractivity contribution < 1.29 is 60.0 Å². The standard InChI is InChI=1S/C26H18F6O7/c1-37-20-12-19(35)21(18(34)11-17(33)13-3-7-15(8-4-13)25(27,28)29)23(38-2)22(20)39-24(36)14-5-9-16(10-6-14)26(30,31)32/h3-10,12,35H,11H2,1-2H3. The lowest BCUT2D eigenvalue weighted by molar-refractivity contribution is -0.138. The van der Waals surface area contributed by atoms with Crippen LogP contribution in [0.3, 0.4) is 0 Å². The number of ether oxygens (including phenoxy) is 3. The third-order valence-electron chi connectivity index (χ3n) is 5.38. The summed E-state index contributed by atoms with van der Waals surface area (Å²) in [6.45, 7) is 0. The number of hydrogen-bond acceptors (Lipinski definition) is 7. The van der Waals surface area contributed by atoms with E-state index < -0.39 is 70.2 Å². The van der Waals surface area contributed by atoms with Gasteiger partial charge in [-0.25, -0.2) is 4.79 Å². The second-order valence-electron chi connectivity index (χ2n) is 7.90. The van der Waals surface area contributed by atoms with Crippen LogP contribution in [-0.2, 0) is 12.4 Å². The lowest BCUT2D eigenvalue weighted by Crippen LogP contribution is -2.14. The molecule has 0 spiro atoms. The van der Waals surface area contributed by atoms with E-state index >= 15 is 0 Å². The van der Waals surface area contributed by atoms with E-state index in [2.05, 4.69) is 0 Å². The summed E-state index contributed by atoms with van der Waals surface area (Å²) in [5.74, 6) is -5.16. The second-order valence-corrected chi connectivity index (χ2v) is 7.90. The van der Waals surface area contributed by atoms with E-state index in [0.29, 0.717) is 24.3 Å². The van der Waals surface area contributed by atoms with Crippen molar-refractivity contribution in [2.45, 2.75) is 18.8 Å². The van der Waals surface area contributed by atoms with Gasteiger partial charge in [0.25, 0.3) is 0 Å². The fourth-order valence-electron chi connectivity index (χ4n) is 3.44. The van der Waals surface area contributed by atoms with E-state index in [4.69, 9.17) is 14.2 Å². The Labute approximate surface area is 216 Å². The Bertz CT molecular complexity index is 1390. The molecule has 7 nitrogen and oxygen atoms in total. The predicted octanol–water partition coefficient (Wildman–Crippen LogP) is 6.12. The van der Waals surface area contributed by atoms with Gasteiger partial charge in [0, 0.05) is 11.6 Å². The highest BCUT2D eigenvalue weighted by Crippen LogP contribution is 2.46. The number of hydrogen-bond donors (Lipinski definition) is 1. The summed E-state index contributed by atoms with van der Waals surface area (Å²) >= 11 is 0. The zero-order valence-electron chi connectivity index (χ0n) is 20.1. The number of aromatic hydroxyl groups is 1. The first-order chi connectivity index (χ1) is 18.2. The van der Waals surface area contributed by atoms with Crippen molar-refractivity contribution in [3.05, 3.63) is 82.4 Å². The van der Waals surface area contributed by atoms with Gasteiger partial charge < -0.3 is 19.3 Å². The predicted molar refractivity (Wildman–Crippen MR) is 122 cm³/mol. The first-order valence-electron chi connectivity index (χ1n) is 10.8. The molecule has 3 rings (SSSR count). The van der Waals surface area contributed by atoms with Crippen LogP contribution in [0, 0.1) is 0 Å². The fourth-order valence-corrected chi connectivity index (χ4v) is 3.44. The van der Waals surface area contributed by atoms with E-state index in [1.54, 1.807) is 0 Å². The van der Waals surface area contributed by atoms with Gasteiger partial charge in [0.15, 0.2) is 23.1 Å². The highest BCUT2D eigenvalue weighted by molar-refractivity contribution is 6.16. The minimum absolute atomic E-state index is 0.211. The minimum atomic E-state index is -4.64. The van der Waals surface area contributed by atoms with Gasteiger partial charge in [-0.1, -0.05) is 12.1 Å². The van der Waals surface area contributed by atoms with Gasteiger partial charge in [-0.2, -0.15) is 26.3 Å². The molecule has 0 fully saturated rings. The zero-order chi connectivity index (χ0) is 29.1. The van der Waals surface area contributed by atoms with Crippen molar-refractivity contribution in [3.63, 3.8) is 0 Å². The number of ketones is 2. The van der Waals surface area contributed by atoms with E-state index in [1.165, 1.54) is 0 Å². The maximum Gasteiger partial charge on any atom is 0.416 e. The SMILES string of the molecule is COc1cc(O)c(C(=O)CC(=O)c2ccc(C(F)(F)F)cc2)c(OC)c1OC(=O)c1ccc(C(F)(F)F)cc1. The molecule has 206 valence electrons. The average molecular weight is 556 g/mol. The summed E-state index contributed by atoms with van der Waals surface area (Å²) in [4.78, 5) is 38.2. The molecule has 0 bridgehead atoms. The number of benzene rings is 3. The monoisotopic (exact) mass is 556 g/mol. The summed E-state index contributed by atoms with van der Waals surface area (Å²) in [7, 11) is 2.16. The quantitative estimate of drug-likeness (QED) is 0.117. The van der Waals surface area contributed by atoms with Gasteiger partial charge in [-0.05, 0) is 36.4 Å². The molecular weight excluding hydrogens is 538 g/mol. The van der Waals surface area contributed by atoms with Gasteiger partial charge >= 0.3 is 18.3 Å². The Morgan fingerprint density at radius 1 is 0.718 bits per heavy atom. The summed E-state index contributed by atoms with van der Waals surface area (Å²) in [6, 6.07) is 7.03. The van der Waals surface area contributed by atoms with Crippen LogP contribution in [-0.4, -0.2) is 36.9 Å². The lowest BCUT2D eigenvalue weighted by atomic mass is 9.98. The van der Waals surface area contributed by atoms with Crippen LogP contribution in [0.5, 0.6) is 23.0 Å². The van der Waals surface area contributed by atoms with E-state index in [0.717, 1.165) is 44.6 Å². The number of methoxy groups -OCH3 is 2. The molecule has 13 heteroatoms. The lowest BCUT2D eigenvalue weighted by Gasteiger charge is -2.17. The molecule has 0 heterocycles. The molecule has 0 aromatic heterocycles. The molecule has 3 aromatic rings. The Balaban J connectivity index is 1.92. The first kappa shape index (κ1) is 29.0. The van der Waals surface area contributed by atoms with Crippen LogP contribution in [0.4, 0.5) is 26.3 Å². The van der Waals surface area contributed by atoms with Gasteiger partial charge in [-0.15, -0.1) is 0 Å². The number of alkyl halides is 6. The molecule has 0 saturated heterocycles. The Kier molecular flexibility index (Phi) is 8.22. The van der Waals surface area contributed by atoms with Crippen molar-refractivity contribution >= 4 is 17.5 Å². The summed E-state index contributed by atoms with van der Waals surface area (Å²) < 4.78 is 92.2. The number of phenols is 1. The number of carbonyl (C=O) groups excluding carboxylic acids is 3. The topological polar surface area (TPSA) is 99.1 Å². The van der Waals surface area contributed by atoms with Crippen molar-refractivity contribution in [1.29, 1.82) is 0 Å². The third-order valence-corrected chi connectivity index (χ3v) is 5.38. The number of rotatable bonds is 8. The Hall–Kier alpha value is -4.55. The molecule has 0 unspecified atom stereocenters. The maximum absolute atomic E-state index is 13.0. The van der Waals surface area contributed by atoms with E-state index in [1.807, 2.05) is 0 Å². The van der Waals surface area contributed by atoms with Gasteiger partial charge in [-0.3, -0.25) is 9.59 Å². The maximum atomic E-state index is 13.0. The van der Waals surface area contributed by atoms with Gasteiger partial charge in [0.05, 0.1) is 37.3 Å². The number of Topliss-reactive ketones (excluding diaryl/α,β-unsaturated/α-hetero) is 2. The van der Waals surface area contributed by atoms with Crippen LogP contribution < -0.4 is 14.2 Å². The van der Waals surface area contributed by atoms with E-state index in [-0.39, 0.29) is 16.9 Å². The summed E-state index contributed by atoms with van der Waals surface area (Å²) in [5.41, 5.74) is -3.12. The van der Waals surface area contributed by atoms with Gasteiger partial charge in [0.2, 0.25) is 5.75 Å². The molecular formula is C26H18F6O7. The zero-order valence-corrected chi connectivity index (χ0v) is 20.1. The smallest absolute Gasteiger partial charge is 0.416 e. The van der Waals surface area contributed by atoms with Crippen LogP contribution in [0.1, 0.15) is 48.6 Å². The molecule has 0 aliphatic rings. The summed E-state index contributed by atoms with van der Waals surface area (Å²) in [5, 5.41) is 10.4. The van der Waals surface area contributed by atoms with Crippen molar-refractivity contribution in [2.24, 2.45) is 0 Å². The van der Waals surface area contributed by atoms with Gasteiger partial charge in [0.1, 0.15) is 11.3 Å². The fraction of sp³-hybridized carbons (Fsp3) is 0.192. The average Bonchev–Trinajstić information content (AvgIpc) is 2.87. The van der Waals surface area contributed by atoms with Crippen molar-refractivity contribution in [3.8, 4) is 23.0 Å². The van der Waals surface area contributed by atoms with Crippen LogP contribution in [0.15, 0.2) is 54.6 Å².